The molecule has 10 heteroatoms. The normalized spacial score (nSPS) is 18.6. The lowest BCUT2D eigenvalue weighted by Gasteiger charge is -2.36. The van der Waals surface area contributed by atoms with Crippen LogP contribution in [0.5, 0.6) is 5.75 Å². The van der Waals surface area contributed by atoms with Gasteiger partial charge in [0, 0.05) is 52.9 Å². The molecule has 1 saturated carbocycles. The van der Waals surface area contributed by atoms with Gasteiger partial charge in [0.2, 0.25) is 5.91 Å². The van der Waals surface area contributed by atoms with Crippen LogP contribution in [0.2, 0.25) is 15.1 Å². The fraction of sp³-hybridized carbons (Fsp3) is 0.458. The summed E-state index contributed by atoms with van der Waals surface area (Å²) in [5.74, 6) is 0.543. The fourth-order valence-corrected chi connectivity index (χ4v) is 5.30. The maximum atomic E-state index is 13.6. The van der Waals surface area contributed by atoms with Crippen molar-refractivity contribution in [3.8, 4) is 5.75 Å². The molecule has 0 aromatic heterocycles. The molecule has 34 heavy (non-hydrogen) atoms. The van der Waals surface area contributed by atoms with Gasteiger partial charge in [0.05, 0.1) is 5.54 Å². The number of amides is 1. The standard InChI is InChI=1S/C24H28Cl4N4O2/c1-2-31-7-9-32(10-8-31)23(33)21(13-16-11-18(26)14-19(27)12-16)29-30-24(5-6-24)20-4-3-17(25)15-22(20)34-28/h3-4,11-12,14-15,21,29-30H,2,5-10,13H2,1H3. The molecule has 2 aliphatic rings. The number of likely N-dealkylation sites (N-methyl/N-ethyl adjacent to an activating group) is 1. The predicted molar refractivity (Wildman–Crippen MR) is 138 cm³/mol. The van der Waals surface area contributed by atoms with E-state index < -0.39 is 6.04 Å². The molecule has 0 bridgehead atoms. The highest BCUT2D eigenvalue weighted by atomic mass is 35.5. The summed E-state index contributed by atoms with van der Waals surface area (Å²) in [6.07, 6.45) is 2.18. The van der Waals surface area contributed by atoms with E-state index in [0.717, 1.165) is 43.6 Å². The summed E-state index contributed by atoms with van der Waals surface area (Å²) >= 11 is 24.3. The molecule has 1 amide bonds. The summed E-state index contributed by atoms with van der Waals surface area (Å²) in [5, 5.41) is 1.63. The van der Waals surface area contributed by atoms with E-state index in [9.17, 15) is 4.79 Å². The summed E-state index contributed by atoms with van der Waals surface area (Å²) in [6.45, 7) is 6.27. The lowest BCUT2D eigenvalue weighted by molar-refractivity contribution is -0.135. The Bertz CT molecular complexity index is 1010. The van der Waals surface area contributed by atoms with Crippen LogP contribution in [0.25, 0.3) is 0 Å². The highest BCUT2D eigenvalue weighted by Gasteiger charge is 2.47. The Morgan fingerprint density at radius 3 is 2.29 bits per heavy atom. The van der Waals surface area contributed by atoms with Crippen molar-refractivity contribution in [2.75, 3.05) is 32.7 Å². The van der Waals surface area contributed by atoms with Crippen LogP contribution in [0.1, 0.15) is 30.9 Å². The van der Waals surface area contributed by atoms with Crippen molar-refractivity contribution in [1.29, 1.82) is 0 Å². The smallest absolute Gasteiger partial charge is 0.241 e. The van der Waals surface area contributed by atoms with Crippen molar-refractivity contribution < 1.29 is 9.08 Å². The van der Waals surface area contributed by atoms with E-state index in [1.807, 2.05) is 29.2 Å². The molecule has 4 rings (SSSR count). The molecule has 0 radical (unpaired) electrons. The molecular weight excluding hydrogens is 518 g/mol. The third-order valence-corrected chi connectivity index (χ3v) is 7.41. The average Bonchev–Trinajstić information content (AvgIpc) is 3.61. The van der Waals surface area contributed by atoms with Gasteiger partial charge < -0.3 is 14.1 Å². The van der Waals surface area contributed by atoms with E-state index in [2.05, 4.69) is 22.7 Å². The van der Waals surface area contributed by atoms with E-state index in [1.54, 1.807) is 12.1 Å². The summed E-state index contributed by atoms with van der Waals surface area (Å²) in [5.41, 5.74) is 8.13. The number of hydrazine groups is 1. The second-order valence-electron chi connectivity index (χ2n) is 8.86. The Balaban J connectivity index is 1.53. The van der Waals surface area contributed by atoms with Gasteiger partial charge in [-0.25, -0.2) is 10.9 Å². The van der Waals surface area contributed by atoms with E-state index in [0.29, 0.717) is 40.3 Å². The molecule has 2 N–H and O–H groups in total. The zero-order valence-corrected chi connectivity index (χ0v) is 21.9. The number of carbonyl (C=O) groups is 1. The van der Waals surface area contributed by atoms with Gasteiger partial charge in [0.25, 0.3) is 0 Å². The molecule has 184 valence electrons. The molecule has 1 aliphatic carbocycles. The molecular formula is C24H28Cl4N4O2. The zero-order chi connectivity index (χ0) is 24.3. The highest BCUT2D eigenvalue weighted by Crippen LogP contribution is 2.49. The Labute approximate surface area is 220 Å². The number of piperazine rings is 1. The summed E-state index contributed by atoms with van der Waals surface area (Å²) in [4.78, 5) is 17.9. The topological polar surface area (TPSA) is 56.8 Å². The number of halogens is 4. The van der Waals surface area contributed by atoms with E-state index >= 15 is 0 Å². The minimum atomic E-state index is -0.507. The highest BCUT2D eigenvalue weighted by molar-refractivity contribution is 6.34. The molecule has 1 saturated heterocycles. The van der Waals surface area contributed by atoms with Crippen molar-refractivity contribution >= 4 is 52.6 Å². The Hall–Kier alpha value is -1.25. The van der Waals surface area contributed by atoms with Crippen molar-refractivity contribution in [2.24, 2.45) is 0 Å². The number of carbonyl (C=O) groups excluding carboxylic acids is 1. The molecule has 2 fully saturated rings. The Morgan fingerprint density at radius 2 is 1.71 bits per heavy atom. The van der Waals surface area contributed by atoms with Gasteiger partial charge in [0.1, 0.15) is 17.9 Å². The number of nitrogens with one attached hydrogen (secondary N) is 2. The monoisotopic (exact) mass is 544 g/mol. The first-order valence-corrected chi connectivity index (χ1v) is 12.9. The van der Waals surface area contributed by atoms with Gasteiger partial charge in [-0.1, -0.05) is 47.8 Å². The van der Waals surface area contributed by atoms with Gasteiger partial charge in [-0.15, -0.1) is 0 Å². The molecule has 1 atom stereocenters. The summed E-state index contributed by atoms with van der Waals surface area (Å²) < 4.78 is 5.06. The molecule has 1 unspecified atom stereocenters. The molecule has 1 heterocycles. The quantitative estimate of drug-likeness (QED) is 0.432. The van der Waals surface area contributed by atoms with Crippen LogP contribution in [0.4, 0.5) is 0 Å². The predicted octanol–water partition coefficient (Wildman–Crippen LogP) is 5.04. The summed E-state index contributed by atoms with van der Waals surface area (Å²) in [6, 6.07) is 10.3. The van der Waals surface area contributed by atoms with E-state index in [-0.39, 0.29) is 11.4 Å². The van der Waals surface area contributed by atoms with Crippen molar-refractivity contribution in [2.45, 2.75) is 37.8 Å². The number of rotatable bonds is 9. The number of hydrogen-bond donors (Lipinski definition) is 2. The van der Waals surface area contributed by atoms with Crippen molar-refractivity contribution in [1.82, 2.24) is 20.7 Å². The van der Waals surface area contributed by atoms with Gasteiger partial charge in [-0.05, 0) is 55.6 Å². The molecule has 6 nitrogen and oxygen atoms in total. The first kappa shape index (κ1) is 25.8. The number of nitrogens with zero attached hydrogens (tertiary/aromatic N) is 2. The summed E-state index contributed by atoms with van der Waals surface area (Å²) in [7, 11) is 0. The lowest BCUT2D eigenvalue weighted by Crippen LogP contribution is -2.58. The van der Waals surface area contributed by atoms with Crippen LogP contribution in [-0.2, 0) is 16.8 Å². The maximum Gasteiger partial charge on any atom is 0.241 e. The van der Waals surface area contributed by atoms with Crippen LogP contribution in [0.3, 0.4) is 0 Å². The Kier molecular flexibility index (Phi) is 8.52. The SMILES string of the molecule is CCN1CCN(C(=O)C(Cc2cc(Cl)cc(Cl)c2)NNC2(c3ccc(Cl)cc3OCl)CC2)CC1. The zero-order valence-electron chi connectivity index (χ0n) is 18.9. The minimum absolute atomic E-state index is 0.0417. The first-order valence-electron chi connectivity index (χ1n) is 11.4. The van der Waals surface area contributed by atoms with Gasteiger partial charge >= 0.3 is 0 Å². The molecule has 2 aromatic rings. The van der Waals surface area contributed by atoms with Crippen molar-refractivity contribution in [3.05, 3.63) is 62.6 Å². The van der Waals surface area contributed by atoms with Crippen LogP contribution in [-0.4, -0.2) is 54.5 Å². The molecule has 1 aliphatic heterocycles. The van der Waals surface area contributed by atoms with Crippen molar-refractivity contribution in [3.63, 3.8) is 0 Å². The second-order valence-corrected chi connectivity index (χ2v) is 10.3. The van der Waals surface area contributed by atoms with Gasteiger partial charge in [0.15, 0.2) is 5.75 Å². The average molecular weight is 546 g/mol. The first-order chi connectivity index (χ1) is 16.3. The number of hydrogen-bond acceptors (Lipinski definition) is 5. The fourth-order valence-electron chi connectivity index (χ4n) is 4.44. The minimum Gasteiger partial charge on any atom is -0.385 e. The van der Waals surface area contributed by atoms with Gasteiger partial charge in [-0.2, -0.15) is 0 Å². The van der Waals surface area contributed by atoms with E-state index in [4.69, 9.17) is 51.0 Å². The second kappa shape index (κ2) is 11.2. The van der Waals surface area contributed by atoms with Gasteiger partial charge in [-0.3, -0.25) is 4.79 Å². The third-order valence-electron chi connectivity index (χ3n) is 6.57. The van der Waals surface area contributed by atoms with Crippen LogP contribution < -0.4 is 15.1 Å². The largest absolute Gasteiger partial charge is 0.385 e. The third kappa shape index (κ3) is 6.11. The molecule has 0 spiro atoms. The lowest BCUT2D eigenvalue weighted by atomic mass is 10.0. The Morgan fingerprint density at radius 1 is 1.03 bits per heavy atom. The molecule has 2 aromatic carbocycles. The van der Waals surface area contributed by atoms with Crippen LogP contribution in [0.15, 0.2) is 36.4 Å². The van der Waals surface area contributed by atoms with E-state index in [1.165, 1.54) is 0 Å². The maximum absolute atomic E-state index is 13.6. The number of benzene rings is 2. The van der Waals surface area contributed by atoms with Crippen LogP contribution >= 0.6 is 46.7 Å². The van der Waals surface area contributed by atoms with Crippen LogP contribution in [0, 0.1) is 0 Å².